The van der Waals surface area contributed by atoms with Gasteiger partial charge in [-0.2, -0.15) is 0 Å². The van der Waals surface area contributed by atoms with Crippen LogP contribution >= 0.6 is 0 Å². The molecule has 0 amide bonds. The molecule has 0 radical (unpaired) electrons. The van der Waals surface area contributed by atoms with Crippen molar-refractivity contribution in [3.05, 3.63) is 30.1 Å². The Kier molecular flexibility index (Phi) is 3.19. The third-order valence-corrected chi connectivity index (χ3v) is 4.14. The fourth-order valence-electron chi connectivity index (χ4n) is 3.20. The normalized spacial score (nSPS) is 19.8. The molecule has 1 fully saturated rings. The Morgan fingerprint density at radius 3 is 3.00 bits per heavy atom. The number of aromatic nitrogens is 2. The Morgan fingerprint density at radius 1 is 1.42 bits per heavy atom. The van der Waals surface area contributed by atoms with Crippen molar-refractivity contribution in [2.24, 2.45) is 11.7 Å². The van der Waals surface area contributed by atoms with Crippen molar-refractivity contribution in [2.75, 3.05) is 11.4 Å². The van der Waals surface area contributed by atoms with Gasteiger partial charge in [0.15, 0.2) is 5.82 Å². The number of hydrogen-bond acceptors (Lipinski definition) is 3. The summed E-state index contributed by atoms with van der Waals surface area (Å²) in [6, 6.07) is 6.69. The van der Waals surface area contributed by atoms with Crippen molar-refractivity contribution >= 4 is 11.5 Å². The van der Waals surface area contributed by atoms with Gasteiger partial charge >= 0.3 is 0 Å². The van der Waals surface area contributed by atoms with Crippen molar-refractivity contribution in [3.63, 3.8) is 0 Å². The predicted octanol–water partition coefficient (Wildman–Crippen LogP) is 2.42. The van der Waals surface area contributed by atoms with Crippen LogP contribution in [0.25, 0.3) is 5.65 Å². The molecule has 2 aromatic heterocycles. The highest BCUT2D eigenvalue weighted by molar-refractivity contribution is 5.57. The zero-order valence-corrected chi connectivity index (χ0v) is 11.7. The van der Waals surface area contributed by atoms with Crippen molar-refractivity contribution in [1.82, 2.24) is 9.38 Å². The minimum atomic E-state index is 0.530. The highest BCUT2D eigenvalue weighted by atomic mass is 15.3. The van der Waals surface area contributed by atoms with E-state index < -0.39 is 0 Å². The quantitative estimate of drug-likeness (QED) is 0.919. The summed E-state index contributed by atoms with van der Waals surface area (Å²) < 4.78 is 2.12. The number of nitrogens with two attached hydrogens (primary N) is 1. The summed E-state index contributed by atoms with van der Waals surface area (Å²) in [6.45, 7) is 6.21. The number of pyridine rings is 1. The number of nitrogens with zero attached hydrogens (tertiary/aromatic N) is 3. The molecule has 0 bridgehead atoms. The first-order valence-corrected chi connectivity index (χ1v) is 7.15. The Bertz CT molecular complexity index is 573. The van der Waals surface area contributed by atoms with Crippen LogP contribution in [0.5, 0.6) is 0 Å². The smallest absolute Gasteiger partial charge is 0.152 e. The number of imidazole rings is 1. The lowest BCUT2D eigenvalue weighted by Gasteiger charge is -2.28. The Labute approximate surface area is 114 Å². The summed E-state index contributed by atoms with van der Waals surface area (Å²) >= 11 is 0. The molecule has 1 unspecified atom stereocenters. The van der Waals surface area contributed by atoms with E-state index >= 15 is 0 Å². The summed E-state index contributed by atoms with van der Waals surface area (Å²) in [5.41, 5.74) is 8.08. The molecule has 3 heterocycles. The molecule has 102 valence electrons. The van der Waals surface area contributed by atoms with Crippen LogP contribution in [-0.2, 0) is 6.54 Å². The first kappa shape index (κ1) is 12.5. The molecule has 4 nitrogen and oxygen atoms in total. The van der Waals surface area contributed by atoms with E-state index in [1.165, 1.54) is 12.8 Å². The third-order valence-electron chi connectivity index (χ3n) is 4.14. The van der Waals surface area contributed by atoms with E-state index in [-0.39, 0.29) is 0 Å². The first-order valence-electron chi connectivity index (χ1n) is 7.15. The molecule has 0 aliphatic carbocycles. The second-order valence-electron chi connectivity index (χ2n) is 5.66. The molecule has 0 spiro atoms. The fraction of sp³-hybridized carbons (Fsp3) is 0.533. The van der Waals surface area contributed by atoms with Gasteiger partial charge in [-0.15, -0.1) is 0 Å². The predicted molar refractivity (Wildman–Crippen MR) is 78.3 cm³/mol. The van der Waals surface area contributed by atoms with E-state index in [1.807, 2.05) is 18.2 Å². The van der Waals surface area contributed by atoms with Gasteiger partial charge in [-0.25, -0.2) is 4.98 Å². The standard InChI is InChI=1S/C15H22N4/c1-11(2)12-6-5-9-19(12)15-13(10-16)18-8-4-3-7-14(18)17-15/h3-4,7-8,11-12H,5-6,9-10,16H2,1-2H3. The Morgan fingerprint density at radius 2 is 2.26 bits per heavy atom. The topological polar surface area (TPSA) is 46.6 Å². The van der Waals surface area contributed by atoms with Gasteiger partial charge in [0.2, 0.25) is 0 Å². The van der Waals surface area contributed by atoms with Crippen molar-refractivity contribution in [3.8, 4) is 0 Å². The van der Waals surface area contributed by atoms with Crippen LogP contribution < -0.4 is 10.6 Å². The molecular weight excluding hydrogens is 236 g/mol. The number of hydrogen-bond donors (Lipinski definition) is 1. The van der Waals surface area contributed by atoms with Crippen LogP contribution in [-0.4, -0.2) is 22.0 Å². The van der Waals surface area contributed by atoms with Gasteiger partial charge in [-0.05, 0) is 30.9 Å². The van der Waals surface area contributed by atoms with Crippen molar-refractivity contribution in [1.29, 1.82) is 0 Å². The molecule has 1 atom stereocenters. The molecule has 4 heteroatoms. The zero-order valence-electron chi connectivity index (χ0n) is 11.7. The van der Waals surface area contributed by atoms with E-state index in [4.69, 9.17) is 10.7 Å². The first-order chi connectivity index (χ1) is 9.22. The van der Waals surface area contributed by atoms with Crippen LogP contribution in [0, 0.1) is 5.92 Å². The lowest BCUT2D eigenvalue weighted by Crippen LogP contribution is -2.34. The van der Waals surface area contributed by atoms with Gasteiger partial charge in [0, 0.05) is 25.3 Å². The van der Waals surface area contributed by atoms with E-state index in [9.17, 15) is 0 Å². The van der Waals surface area contributed by atoms with Crippen LogP contribution in [0.15, 0.2) is 24.4 Å². The summed E-state index contributed by atoms with van der Waals surface area (Å²) in [4.78, 5) is 7.27. The maximum atomic E-state index is 5.96. The third kappa shape index (κ3) is 2.00. The van der Waals surface area contributed by atoms with Crippen LogP contribution in [0.2, 0.25) is 0 Å². The summed E-state index contributed by atoms with van der Waals surface area (Å²) in [6.07, 6.45) is 4.56. The molecule has 1 aliphatic rings. The van der Waals surface area contributed by atoms with E-state index in [0.29, 0.717) is 18.5 Å². The van der Waals surface area contributed by atoms with Crippen LogP contribution in [0.3, 0.4) is 0 Å². The largest absolute Gasteiger partial charge is 0.352 e. The summed E-state index contributed by atoms with van der Waals surface area (Å²) in [5, 5.41) is 0. The van der Waals surface area contributed by atoms with E-state index in [1.54, 1.807) is 0 Å². The highest BCUT2D eigenvalue weighted by Gasteiger charge is 2.30. The Hall–Kier alpha value is -1.55. The van der Waals surface area contributed by atoms with Crippen LogP contribution in [0.1, 0.15) is 32.4 Å². The molecule has 19 heavy (non-hydrogen) atoms. The molecule has 2 N–H and O–H groups in total. The zero-order chi connectivity index (χ0) is 13.4. The van der Waals surface area contributed by atoms with E-state index in [0.717, 1.165) is 23.7 Å². The van der Waals surface area contributed by atoms with Gasteiger partial charge in [-0.1, -0.05) is 19.9 Å². The minimum Gasteiger partial charge on any atom is -0.352 e. The lowest BCUT2D eigenvalue weighted by atomic mass is 10.0. The van der Waals surface area contributed by atoms with Crippen LogP contribution in [0.4, 0.5) is 5.82 Å². The van der Waals surface area contributed by atoms with Gasteiger partial charge in [-0.3, -0.25) is 0 Å². The maximum absolute atomic E-state index is 5.96. The monoisotopic (exact) mass is 258 g/mol. The van der Waals surface area contributed by atoms with Gasteiger partial charge < -0.3 is 15.0 Å². The van der Waals surface area contributed by atoms with Gasteiger partial charge in [0.25, 0.3) is 0 Å². The Balaban J connectivity index is 2.09. The van der Waals surface area contributed by atoms with Gasteiger partial charge in [0.05, 0.1) is 5.69 Å². The molecule has 1 aliphatic heterocycles. The summed E-state index contributed by atoms with van der Waals surface area (Å²) in [5.74, 6) is 1.74. The van der Waals surface area contributed by atoms with Gasteiger partial charge in [0.1, 0.15) is 5.65 Å². The average molecular weight is 258 g/mol. The fourth-order valence-corrected chi connectivity index (χ4v) is 3.20. The summed E-state index contributed by atoms with van der Waals surface area (Å²) in [7, 11) is 0. The number of fused-ring (bicyclic) bond motifs is 1. The average Bonchev–Trinajstić information content (AvgIpc) is 3.02. The molecule has 2 aromatic rings. The molecule has 0 aromatic carbocycles. The number of rotatable bonds is 3. The second-order valence-corrected chi connectivity index (χ2v) is 5.66. The van der Waals surface area contributed by atoms with Crippen molar-refractivity contribution < 1.29 is 0 Å². The number of anilines is 1. The van der Waals surface area contributed by atoms with E-state index in [2.05, 4.69) is 29.3 Å². The second kappa shape index (κ2) is 4.85. The molecule has 1 saturated heterocycles. The highest BCUT2D eigenvalue weighted by Crippen LogP contribution is 2.31. The minimum absolute atomic E-state index is 0.530. The maximum Gasteiger partial charge on any atom is 0.152 e. The lowest BCUT2D eigenvalue weighted by molar-refractivity contribution is 0.489. The van der Waals surface area contributed by atoms with Crippen molar-refractivity contribution in [2.45, 2.75) is 39.3 Å². The molecule has 3 rings (SSSR count). The molecule has 0 saturated carbocycles. The SMILES string of the molecule is CC(C)C1CCCN1c1nc2ccccn2c1CN. The molecular formula is C15H22N4.